The molecule has 0 bridgehead atoms. The lowest BCUT2D eigenvalue weighted by Crippen LogP contribution is -2.20. The zero-order chi connectivity index (χ0) is 20.5. The van der Waals surface area contributed by atoms with Crippen LogP contribution in [0.5, 0.6) is 11.5 Å². The van der Waals surface area contributed by atoms with Crippen LogP contribution in [0.4, 0.5) is 5.69 Å². The maximum Gasteiger partial charge on any atom is 0.347 e. The van der Waals surface area contributed by atoms with Crippen LogP contribution in [0.2, 0.25) is 0 Å². The minimum absolute atomic E-state index is 0.0869. The van der Waals surface area contributed by atoms with Gasteiger partial charge < -0.3 is 19.2 Å². The van der Waals surface area contributed by atoms with Crippen LogP contribution >= 0.6 is 0 Å². The van der Waals surface area contributed by atoms with Crippen LogP contribution in [0, 0.1) is 6.92 Å². The molecule has 0 aliphatic heterocycles. The third-order valence-corrected chi connectivity index (χ3v) is 4.63. The van der Waals surface area contributed by atoms with Crippen molar-refractivity contribution < 1.29 is 18.7 Å². The number of nitrogens with one attached hydrogen (secondary N) is 1. The summed E-state index contributed by atoms with van der Waals surface area (Å²) in [6, 6.07) is 10.6. The van der Waals surface area contributed by atoms with Crippen molar-refractivity contribution in [2.45, 2.75) is 13.5 Å². The molecule has 2 aromatic heterocycles. The summed E-state index contributed by atoms with van der Waals surface area (Å²) in [6.07, 6.45) is 1.42. The van der Waals surface area contributed by atoms with Crippen LogP contribution in [0.15, 0.2) is 51.8 Å². The largest absolute Gasteiger partial charge is 0.497 e. The first-order chi connectivity index (χ1) is 14.0. The van der Waals surface area contributed by atoms with Crippen molar-refractivity contribution in [2.75, 3.05) is 19.5 Å². The van der Waals surface area contributed by atoms with E-state index in [9.17, 15) is 9.59 Å². The van der Waals surface area contributed by atoms with E-state index < -0.39 is 5.63 Å². The number of rotatable bonds is 5. The van der Waals surface area contributed by atoms with Crippen LogP contribution in [0.1, 0.15) is 5.56 Å². The number of aromatic nitrogens is 2. The van der Waals surface area contributed by atoms with E-state index in [-0.39, 0.29) is 12.5 Å². The lowest BCUT2D eigenvalue weighted by atomic mass is 10.1. The molecule has 0 saturated heterocycles. The molecule has 2 heterocycles. The normalized spacial score (nSPS) is 11.0. The zero-order valence-electron chi connectivity index (χ0n) is 16.2. The Bertz CT molecular complexity index is 1290. The molecule has 4 aromatic rings. The van der Waals surface area contributed by atoms with Gasteiger partial charge in [0.15, 0.2) is 0 Å². The number of fused-ring (bicyclic) bond motifs is 3. The Morgan fingerprint density at radius 1 is 1.14 bits per heavy atom. The van der Waals surface area contributed by atoms with Gasteiger partial charge in [0.25, 0.3) is 0 Å². The molecule has 0 radical (unpaired) electrons. The first-order valence-corrected chi connectivity index (χ1v) is 8.91. The molecule has 0 fully saturated rings. The molecule has 0 saturated carbocycles. The minimum atomic E-state index is -0.488. The molecule has 29 heavy (non-hydrogen) atoms. The monoisotopic (exact) mass is 393 g/mol. The molecule has 148 valence electrons. The second-order valence-corrected chi connectivity index (χ2v) is 6.57. The molecule has 0 atom stereocenters. The van der Waals surface area contributed by atoms with E-state index in [4.69, 9.17) is 13.9 Å². The Balaban J connectivity index is 1.72. The number of anilines is 1. The fraction of sp³-hybridized carbons (Fsp3) is 0.190. The highest BCUT2D eigenvalue weighted by atomic mass is 16.5. The molecule has 8 heteroatoms. The summed E-state index contributed by atoms with van der Waals surface area (Å²) in [5.74, 6) is 0.770. The minimum Gasteiger partial charge on any atom is -0.497 e. The van der Waals surface area contributed by atoms with Crippen LogP contribution in [0.3, 0.4) is 0 Å². The Hall–Kier alpha value is -3.81. The van der Waals surface area contributed by atoms with Crippen molar-refractivity contribution in [3.8, 4) is 11.5 Å². The van der Waals surface area contributed by atoms with Crippen LogP contribution in [-0.4, -0.2) is 29.9 Å². The van der Waals surface area contributed by atoms with E-state index >= 15 is 0 Å². The number of aryl methyl sites for hydroxylation is 1. The van der Waals surface area contributed by atoms with Crippen molar-refractivity contribution in [3.63, 3.8) is 0 Å². The third kappa shape index (κ3) is 3.40. The Morgan fingerprint density at radius 2 is 1.97 bits per heavy atom. The average Bonchev–Trinajstić information content (AvgIpc) is 3.13. The predicted octanol–water partition coefficient (Wildman–Crippen LogP) is 3.11. The van der Waals surface area contributed by atoms with Gasteiger partial charge in [-0.2, -0.15) is 5.10 Å². The summed E-state index contributed by atoms with van der Waals surface area (Å²) in [6.45, 7) is 1.86. The first-order valence-electron chi connectivity index (χ1n) is 8.91. The molecular weight excluding hydrogens is 374 g/mol. The van der Waals surface area contributed by atoms with Crippen molar-refractivity contribution in [1.82, 2.24) is 9.78 Å². The fourth-order valence-electron chi connectivity index (χ4n) is 3.25. The fourth-order valence-corrected chi connectivity index (χ4v) is 3.25. The van der Waals surface area contributed by atoms with Gasteiger partial charge in [-0.05, 0) is 31.2 Å². The van der Waals surface area contributed by atoms with E-state index in [1.54, 1.807) is 31.4 Å². The molecule has 2 aromatic carbocycles. The van der Waals surface area contributed by atoms with Gasteiger partial charge in [-0.15, -0.1) is 0 Å². The van der Waals surface area contributed by atoms with Crippen molar-refractivity contribution in [2.24, 2.45) is 0 Å². The van der Waals surface area contributed by atoms with E-state index in [1.807, 2.05) is 19.1 Å². The van der Waals surface area contributed by atoms with Gasteiger partial charge in [0.05, 0.1) is 31.6 Å². The Labute approximate surface area is 165 Å². The molecule has 8 nitrogen and oxygen atoms in total. The van der Waals surface area contributed by atoms with Crippen molar-refractivity contribution in [1.29, 1.82) is 0 Å². The third-order valence-electron chi connectivity index (χ3n) is 4.63. The lowest BCUT2D eigenvalue weighted by Gasteiger charge is -2.12. The lowest BCUT2D eigenvalue weighted by molar-refractivity contribution is -0.116. The predicted molar refractivity (Wildman–Crippen MR) is 109 cm³/mol. The number of hydrogen-bond acceptors (Lipinski definition) is 6. The van der Waals surface area contributed by atoms with Crippen LogP contribution < -0.4 is 20.4 Å². The van der Waals surface area contributed by atoms with E-state index in [0.29, 0.717) is 33.7 Å². The number of methoxy groups -OCH3 is 2. The molecule has 0 unspecified atom stereocenters. The highest BCUT2D eigenvalue weighted by Gasteiger charge is 2.16. The van der Waals surface area contributed by atoms with Gasteiger partial charge in [0, 0.05) is 11.5 Å². The van der Waals surface area contributed by atoms with Gasteiger partial charge in [-0.25, -0.2) is 4.79 Å². The first kappa shape index (κ1) is 18.5. The van der Waals surface area contributed by atoms with Crippen molar-refractivity contribution >= 4 is 33.5 Å². The molecular formula is C21H19N3O5. The molecule has 0 aliphatic rings. The number of amides is 1. The highest BCUT2D eigenvalue weighted by molar-refractivity contribution is 6.03. The smallest absolute Gasteiger partial charge is 0.347 e. The molecule has 4 rings (SSSR count). The number of nitrogens with zero attached hydrogens (tertiary/aromatic N) is 2. The summed E-state index contributed by atoms with van der Waals surface area (Å²) in [5, 5.41) is 8.09. The maximum atomic E-state index is 12.7. The SMILES string of the molecule is COc1ccc(OC)c(NC(=O)Cn2ncc3c(=O)oc4ccc(C)cc4c32)c1. The standard InChI is InChI=1S/C21H19N3O5/c1-12-4-6-17-14(8-12)20-15(21(26)29-17)10-22-24(20)11-19(25)23-16-9-13(27-2)5-7-18(16)28-3/h4-10H,11H2,1-3H3,(H,23,25). The van der Waals surface area contributed by atoms with Gasteiger partial charge in [0.1, 0.15) is 29.0 Å². The number of carbonyl (C=O) groups is 1. The number of ether oxygens (including phenoxy) is 2. The van der Waals surface area contributed by atoms with Gasteiger partial charge in [0.2, 0.25) is 5.91 Å². The van der Waals surface area contributed by atoms with Gasteiger partial charge in [-0.3, -0.25) is 9.48 Å². The molecule has 1 N–H and O–H groups in total. The van der Waals surface area contributed by atoms with Gasteiger partial charge >= 0.3 is 5.63 Å². The second kappa shape index (κ2) is 7.31. The number of hydrogen-bond donors (Lipinski definition) is 1. The summed E-state index contributed by atoms with van der Waals surface area (Å²) in [5.41, 5.74) is 2.01. The van der Waals surface area contributed by atoms with Crippen molar-refractivity contribution in [3.05, 3.63) is 58.6 Å². The van der Waals surface area contributed by atoms with E-state index in [0.717, 1.165) is 10.9 Å². The topological polar surface area (TPSA) is 95.6 Å². The number of carbonyl (C=O) groups excluding carboxylic acids is 1. The summed E-state index contributed by atoms with van der Waals surface area (Å²) < 4.78 is 17.3. The second-order valence-electron chi connectivity index (χ2n) is 6.57. The summed E-state index contributed by atoms with van der Waals surface area (Å²) in [4.78, 5) is 25.0. The van der Waals surface area contributed by atoms with Gasteiger partial charge in [-0.1, -0.05) is 11.6 Å². The molecule has 0 aliphatic carbocycles. The van der Waals surface area contributed by atoms with Crippen LogP contribution in [0.25, 0.3) is 21.9 Å². The van der Waals surface area contributed by atoms with Crippen LogP contribution in [-0.2, 0) is 11.3 Å². The highest BCUT2D eigenvalue weighted by Crippen LogP contribution is 2.29. The quantitative estimate of drug-likeness (QED) is 0.524. The zero-order valence-corrected chi connectivity index (χ0v) is 16.2. The Kier molecular flexibility index (Phi) is 4.67. The van der Waals surface area contributed by atoms with E-state index in [1.165, 1.54) is 18.0 Å². The van der Waals surface area contributed by atoms with E-state index in [2.05, 4.69) is 10.4 Å². The molecule has 1 amide bonds. The summed E-state index contributed by atoms with van der Waals surface area (Å²) in [7, 11) is 3.06. The number of benzene rings is 2. The molecule has 0 spiro atoms. The Morgan fingerprint density at radius 3 is 2.72 bits per heavy atom. The maximum absolute atomic E-state index is 12.7. The summed E-state index contributed by atoms with van der Waals surface area (Å²) >= 11 is 0. The average molecular weight is 393 g/mol.